The highest BCUT2D eigenvalue weighted by Gasteiger charge is 2.34. The summed E-state index contributed by atoms with van der Waals surface area (Å²) < 4.78 is 37.6. The zero-order valence-electron chi connectivity index (χ0n) is 25.4. The van der Waals surface area contributed by atoms with Gasteiger partial charge in [-0.1, -0.05) is 49.4 Å². The number of ether oxygens (including phenoxy) is 2. The summed E-state index contributed by atoms with van der Waals surface area (Å²) in [6.45, 7) is 2.98. The first-order valence-corrected chi connectivity index (χ1v) is 15.8. The average molecular weight is 627 g/mol. The molecule has 12 nitrogen and oxygen atoms in total. The molecule has 0 fully saturated rings. The third kappa shape index (κ3) is 8.93. The number of nitrogens with one attached hydrogen (secondary N) is 1. The molecule has 3 aromatic carbocycles. The Kier molecular flexibility index (Phi) is 11.7. The Balaban J connectivity index is 2.15. The largest absolute Gasteiger partial charge is 0.497 e. The highest BCUT2D eigenvalue weighted by molar-refractivity contribution is 7.92. The Morgan fingerprint density at radius 1 is 0.977 bits per heavy atom. The van der Waals surface area contributed by atoms with Gasteiger partial charge in [0.2, 0.25) is 21.8 Å². The number of nitrogens with zero attached hydrogens (tertiary/aromatic N) is 3. The molecule has 0 heterocycles. The Morgan fingerprint density at radius 3 is 2.25 bits per heavy atom. The van der Waals surface area contributed by atoms with Crippen LogP contribution in [0.5, 0.6) is 11.5 Å². The van der Waals surface area contributed by atoms with Crippen molar-refractivity contribution in [3.05, 3.63) is 94.0 Å². The molecule has 2 amide bonds. The van der Waals surface area contributed by atoms with Crippen molar-refractivity contribution >= 4 is 33.2 Å². The second kappa shape index (κ2) is 15.2. The molecule has 236 valence electrons. The van der Waals surface area contributed by atoms with Crippen LogP contribution in [0.1, 0.15) is 31.4 Å². The Labute approximate surface area is 257 Å². The number of non-ortho nitro benzene ring substituents is 1. The molecule has 2 atom stereocenters. The summed E-state index contributed by atoms with van der Waals surface area (Å²) in [5, 5.41) is 14.5. The van der Waals surface area contributed by atoms with Gasteiger partial charge in [-0.15, -0.1) is 0 Å². The number of hydrogen-bond donors (Lipinski definition) is 1. The van der Waals surface area contributed by atoms with Crippen molar-refractivity contribution in [2.24, 2.45) is 0 Å². The minimum Gasteiger partial charge on any atom is -0.497 e. The summed E-state index contributed by atoms with van der Waals surface area (Å²) in [6, 6.07) is 18.4. The standard InChI is InChI=1S/C31H38N4O8S/c1-6-22(2)32-31(37)28(18-23-11-8-7-9-12-23)33(20-24-13-10-14-26(17-24)42-3)30(36)21-34(44(5,40)41)27-19-25(35(38)39)15-16-29(27)43-4/h7-17,19,22,28H,6,18,20-21H2,1-5H3,(H,32,37)/t22-,28-/m1/s1. The lowest BCUT2D eigenvalue weighted by atomic mass is 10.0. The van der Waals surface area contributed by atoms with E-state index >= 15 is 0 Å². The first-order chi connectivity index (χ1) is 20.9. The summed E-state index contributed by atoms with van der Waals surface area (Å²) in [4.78, 5) is 40.3. The van der Waals surface area contributed by atoms with Crippen LogP contribution < -0.4 is 19.1 Å². The fourth-order valence-electron chi connectivity index (χ4n) is 4.54. The van der Waals surface area contributed by atoms with Crippen LogP contribution in [0, 0.1) is 10.1 Å². The fraction of sp³-hybridized carbons (Fsp3) is 0.355. The van der Waals surface area contributed by atoms with Gasteiger partial charge in [0.05, 0.1) is 25.4 Å². The number of nitro groups is 1. The van der Waals surface area contributed by atoms with E-state index in [9.17, 15) is 28.1 Å². The summed E-state index contributed by atoms with van der Waals surface area (Å²) in [5.74, 6) is -0.550. The molecular weight excluding hydrogens is 588 g/mol. The number of rotatable bonds is 15. The monoisotopic (exact) mass is 626 g/mol. The van der Waals surface area contributed by atoms with Crippen molar-refractivity contribution in [3.63, 3.8) is 0 Å². The van der Waals surface area contributed by atoms with Gasteiger partial charge in [-0.25, -0.2) is 8.42 Å². The quantitative estimate of drug-likeness (QED) is 0.197. The van der Waals surface area contributed by atoms with E-state index in [4.69, 9.17) is 9.47 Å². The molecule has 0 saturated heterocycles. The van der Waals surface area contributed by atoms with Crippen LogP contribution in [0.15, 0.2) is 72.8 Å². The Morgan fingerprint density at radius 2 is 1.66 bits per heavy atom. The lowest BCUT2D eigenvalue weighted by molar-refractivity contribution is -0.384. The van der Waals surface area contributed by atoms with E-state index in [2.05, 4.69) is 5.32 Å². The van der Waals surface area contributed by atoms with Crippen LogP contribution in [0.2, 0.25) is 0 Å². The van der Waals surface area contributed by atoms with Crippen molar-refractivity contribution in [1.29, 1.82) is 0 Å². The van der Waals surface area contributed by atoms with Crippen molar-refractivity contribution in [1.82, 2.24) is 10.2 Å². The van der Waals surface area contributed by atoms with Gasteiger partial charge in [0.25, 0.3) is 5.69 Å². The van der Waals surface area contributed by atoms with Gasteiger partial charge in [-0.2, -0.15) is 0 Å². The Bertz CT molecular complexity index is 1570. The number of sulfonamides is 1. The highest BCUT2D eigenvalue weighted by atomic mass is 32.2. The number of anilines is 1. The molecule has 0 aromatic heterocycles. The summed E-state index contributed by atoms with van der Waals surface area (Å²) in [6.07, 6.45) is 1.70. The maximum absolute atomic E-state index is 14.3. The molecule has 3 rings (SSSR count). The highest BCUT2D eigenvalue weighted by Crippen LogP contribution is 2.34. The van der Waals surface area contributed by atoms with E-state index in [1.54, 1.807) is 24.3 Å². The molecule has 0 bridgehead atoms. The van der Waals surface area contributed by atoms with E-state index in [1.807, 2.05) is 44.2 Å². The normalized spacial score (nSPS) is 12.5. The van der Waals surface area contributed by atoms with Crippen LogP contribution >= 0.6 is 0 Å². The summed E-state index contributed by atoms with van der Waals surface area (Å²) >= 11 is 0. The van der Waals surface area contributed by atoms with E-state index in [-0.39, 0.29) is 36.1 Å². The molecule has 13 heteroatoms. The van der Waals surface area contributed by atoms with Gasteiger partial charge in [-0.05, 0) is 42.7 Å². The predicted octanol–water partition coefficient (Wildman–Crippen LogP) is 3.93. The van der Waals surface area contributed by atoms with Gasteiger partial charge in [0.1, 0.15) is 29.8 Å². The summed E-state index contributed by atoms with van der Waals surface area (Å²) in [7, 11) is -1.37. The predicted molar refractivity (Wildman–Crippen MR) is 167 cm³/mol. The molecule has 0 spiro atoms. The third-order valence-corrected chi connectivity index (χ3v) is 8.21. The van der Waals surface area contributed by atoms with Gasteiger partial charge in [0, 0.05) is 31.1 Å². The van der Waals surface area contributed by atoms with Gasteiger partial charge >= 0.3 is 0 Å². The molecule has 0 radical (unpaired) electrons. The lowest BCUT2D eigenvalue weighted by Gasteiger charge is -2.34. The van der Waals surface area contributed by atoms with E-state index in [0.29, 0.717) is 17.7 Å². The number of carbonyl (C=O) groups is 2. The molecule has 0 aliphatic heterocycles. The molecule has 0 aliphatic carbocycles. The van der Waals surface area contributed by atoms with Crippen molar-refractivity contribution < 1.29 is 32.4 Å². The fourth-order valence-corrected chi connectivity index (χ4v) is 5.39. The van der Waals surface area contributed by atoms with E-state index in [0.717, 1.165) is 22.2 Å². The van der Waals surface area contributed by atoms with Crippen LogP contribution in [-0.4, -0.2) is 69.2 Å². The number of benzene rings is 3. The number of nitro benzene ring substituents is 1. The van der Waals surface area contributed by atoms with Crippen molar-refractivity contribution in [3.8, 4) is 11.5 Å². The second-order valence-corrected chi connectivity index (χ2v) is 12.2. The van der Waals surface area contributed by atoms with Gasteiger partial charge < -0.3 is 19.7 Å². The maximum atomic E-state index is 14.3. The first kappa shape index (κ1) is 33.8. The number of carbonyl (C=O) groups excluding carboxylic acids is 2. The molecule has 0 aliphatic rings. The first-order valence-electron chi connectivity index (χ1n) is 13.9. The topological polar surface area (TPSA) is 148 Å². The second-order valence-electron chi connectivity index (χ2n) is 10.3. The smallest absolute Gasteiger partial charge is 0.271 e. The Hall–Kier alpha value is -4.65. The zero-order valence-corrected chi connectivity index (χ0v) is 26.2. The van der Waals surface area contributed by atoms with E-state index < -0.39 is 39.3 Å². The zero-order chi connectivity index (χ0) is 32.4. The molecule has 0 unspecified atom stereocenters. The SMILES string of the molecule is CC[C@@H](C)NC(=O)[C@@H](Cc1ccccc1)N(Cc1cccc(OC)c1)C(=O)CN(c1cc([N+](=O)[O-])ccc1OC)S(C)(=O)=O. The molecule has 0 saturated carbocycles. The maximum Gasteiger partial charge on any atom is 0.271 e. The molecule has 1 N–H and O–H groups in total. The third-order valence-electron chi connectivity index (χ3n) is 7.08. The van der Waals surface area contributed by atoms with Gasteiger partial charge in [-0.3, -0.25) is 24.0 Å². The number of amides is 2. The number of hydrogen-bond acceptors (Lipinski definition) is 8. The minimum atomic E-state index is -4.17. The van der Waals surface area contributed by atoms with Crippen LogP contribution in [0.25, 0.3) is 0 Å². The number of methoxy groups -OCH3 is 2. The van der Waals surface area contributed by atoms with Crippen molar-refractivity contribution in [2.45, 2.75) is 45.3 Å². The van der Waals surface area contributed by atoms with Gasteiger partial charge in [0.15, 0.2) is 0 Å². The van der Waals surface area contributed by atoms with Crippen molar-refractivity contribution in [2.75, 3.05) is 31.3 Å². The molecule has 3 aromatic rings. The molecule has 44 heavy (non-hydrogen) atoms. The summed E-state index contributed by atoms with van der Waals surface area (Å²) in [5.41, 5.74) is 0.874. The van der Waals surface area contributed by atoms with Crippen LogP contribution in [0.3, 0.4) is 0 Å². The molecular formula is C31H38N4O8S. The van der Waals surface area contributed by atoms with Crippen LogP contribution in [-0.2, 0) is 32.6 Å². The average Bonchev–Trinajstić information content (AvgIpc) is 3.00. The minimum absolute atomic E-state index is 0.0171. The lowest BCUT2D eigenvalue weighted by Crippen LogP contribution is -2.54. The van der Waals surface area contributed by atoms with Crippen LogP contribution in [0.4, 0.5) is 11.4 Å². The van der Waals surface area contributed by atoms with E-state index in [1.165, 1.54) is 31.3 Å².